The smallest absolute Gasteiger partial charge is 0.0592 e. The Hall–Kier alpha value is -1.09. The van der Waals surface area contributed by atoms with E-state index in [1.807, 2.05) is 43.5 Å². The van der Waals surface area contributed by atoms with E-state index >= 15 is 0 Å². The standard InChI is InChI=1S/C15H16Cl2N2/c1-10(18)15(12-7-14(17)9-19-8-12)6-11-2-4-13(16)5-3-11/h2-5,7-10,15H,6,18H2,1H3. The van der Waals surface area contributed by atoms with E-state index in [0.717, 1.165) is 17.0 Å². The van der Waals surface area contributed by atoms with Gasteiger partial charge in [0.15, 0.2) is 0 Å². The van der Waals surface area contributed by atoms with E-state index in [9.17, 15) is 0 Å². The second-order valence-corrected chi connectivity index (χ2v) is 5.61. The van der Waals surface area contributed by atoms with Crippen molar-refractivity contribution < 1.29 is 0 Å². The number of hydrogen-bond donors (Lipinski definition) is 1. The molecule has 0 aliphatic carbocycles. The minimum Gasteiger partial charge on any atom is -0.327 e. The molecule has 100 valence electrons. The first-order valence-corrected chi connectivity index (χ1v) is 6.92. The number of halogens is 2. The highest BCUT2D eigenvalue weighted by atomic mass is 35.5. The fraction of sp³-hybridized carbons (Fsp3) is 0.267. The zero-order chi connectivity index (χ0) is 13.8. The van der Waals surface area contributed by atoms with Crippen LogP contribution in [0.4, 0.5) is 0 Å². The lowest BCUT2D eigenvalue weighted by molar-refractivity contribution is 0.563. The second-order valence-electron chi connectivity index (χ2n) is 4.73. The summed E-state index contributed by atoms with van der Waals surface area (Å²) in [5, 5.41) is 1.38. The van der Waals surface area contributed by atoms with Crippen molar-refractivity contribution in [3.05, 3.63) is 63.9 Å². The van der Waals surface area contributed by atoms with Crippen LogP contribution in [0.3, 0.4) is 0 Å². The molecule has 0 radical (unpaired) electrons. The molecule has 19 heavy (non-hydrogen) atoms. The molecule has 2 N–H and O–H groups in total. The minimum absolute atomic E-state index is 0.0240. The lowest BCUT2D eigenvalue weighted by atomic mass is 9.88. The minimum atomic E-state index is 0.0240. The van der Waals surface area contributed by atoms with Crippen molar-refractivity contribution in [2.45, 2.75) is 25.3 Å². The molecule has 0 aliphatic rings. The summed E-state index contributed by atoms with van der Waals surface area (Å²) in [5.41, 5.74) is 8.37. The fourth-order valence-corrected chi connectivity index (χ4v) is 2.42. The fourth-order valence-electron chi connectivity index (χ4n) is 2.11. The van der Waals surface area contributed by atoms with Gasteiger partial charge in [-0.3, -0.25) is 4.98 Å². The average molecular weight is 295 g/mol. The Labute approximate surface area is 123 Å². The molecule has 1 aromatic carbocycles. The number of aromatic nitrogens is 1. The van der Waals surface area contributed by atoms with Crippen LogP contribution >= 0.6 is 23.2 Å². The largest absolute Gasteiger partial charge is 0.327 e. The van der Waals surface area contributed by atoms with Gasteiger partial charge in [-0.15, -0.1) is 0 Å². The Morgan fingerprint density at radius 2 is 1.79 bits per heavy atom. The first-order chi connectivity index (χ1) is 9.06. The number of nitrogens with zero attached hydrogens (tertiary/aromatic N) is 1. The Morgan fingerprint density at radius 3 is 2.37 bits per heavy atom. The average Bonchev–Trinajstić information content (AvgIpc) is 2.37. The van der Waals surface area contributed by atoms with Crippen molar-refractivity contribution in [1.82, 2.24) is 4.98 Å². The molecule has 0 spiro atoms. The van der Waals surface area contributed by atoms with Crippen LogP contribution in [-0.4, -0.2) is 11.0 Å². The summed E-state index contributed by atoms with van der Waals surface area (Å²) < 4.78 is 0. The van der Waals surface area contributed by atoms with E-state index in [0.29, 0.717) is 5.02 Å². The lowest BCUT2D eigenvalue weighted by Crippen LogP contribution is -2.26. The summed E-state index contributed by atoms with van der Waals surface area (Å²) in [6, 6.07) is 9.79. The first kappa shape index (κ1) is 14.3. The van der Waals surface area contributed by atoms with Crippen molar-refractivity contribution in [3.63, 3.8) is 0 Å². The Kier molecular flexibility index (Phi) is 4.81. The summed E-state index contributed by atoms with van der Waals surface area (Å²) in [4.78, 5) is 4.13. The van der Waals surface area contributed by atoms with Crippen LogP contribution in [0.25, 0.3) is 0 Å². The van der Waals surface area contributed by atoms with E-state index in [-0.39, 0.29) is 12.0 Å². The number of pyridine rings is 1. The Morgan fingerprint density at radius 1 is 1.11 bits per heavy atom. The quantitative estimate of drug-likeness (QED) is 0.923. The SMILES string of the molecule is CC(N)C(Cc1ccc(Cl)cc1)c1cncc(Cl)c1. The summed E-state index contributed by atoms with van der Waals surface area (Å²) in [5.74, 6) is 0.187. The van der Waals surface area contributed by atoms with Gasteiger partial charge in [0.05, 0.1) is 5.02 Å². The maximum absolute atomic E-state index is 6.10. The molecular formula is C15H16Cl2N2. The third kappa shape index (κ3) is 3.93. The number of rotatable bonds is 4. The molecule has 1 aromatic heterocycles. The molecule has 0 amide bonds. The van der Waals surface area contributed by atoms with E-state index in [2.05, 4.69) is 4.98 Å². The molecule has 2 unspecified atom stereocenters. The van der Waals surface area contributed by atoms with E-state index in [1.54, 1.807) is 6.20 Å². The predicted molar refractivity (Wildman–Crippen MR) is 80.8 cm³/mol. The van der Waals surface area contributed by atoms with Crippen LogP contribution < -0.4 is 5.73 Å². The van der Waals surface area contributed by atoms with Gasteiger partial charge in [-0.25, -0.2) is 0 Å². The van der Waals surface area contributed by atoms with Crippen molar-refractivity contribution in [1.29, 1.82) is 0 Å². The molecule has 4 heteroatoms. The summed E-state index contributed by atoms with van der Waals surface area (Å²) in [7, 11) is 0. The third-order valence-corrected chi connectivity index (χ3v) is 3.62. The molecule has 2 nitrogen and oxygen atoms in total. The first-order valence-electron chi connectivity index (χ1n) is 6.16. The second kappa shape index (κ2) is 6.38. The van der Waals surface area contributed by atoms with Crippen LogP contribution in [0.5, 0.6) is 0 Å². The summed E-state index contributed by atoms with van der Waals surface area (Å²) >= 11 is 11.9. The monoisotopic (exact) mass is 294 g/mol. The van der Waals surface area contributed by atoms with Crippen LogP contribution in [0.1, 0.15) is 24.0 Å². The third-order valence-electron chi connectivity index (χ3n) is 3.16. The van der Waals surface area contributed by atoms with Crippen molar-refractivity contribution in [2.75, 3.05) is 0 Å². The van der Waals surface area contributed by atoms with Crippen LogP contribution in [0, 0.1) is 0 Å². The van der Waals surface area contributed by atoms with Crippen LogP contribution in [0.2, 0.25) is 10.0 Å². The predicted octanol–water partition coefficient (Wildman–Crippen LogP) is 4.06. The van der Waals surface area contributed by atoms with Gasteiger partial charge in [0.25, 0.3) is 0 Å². The van der Waals surface area contributed by atoms with Crippen molar-refractivity contribution >= 4 is 23.2 Å². The highest BCUT2D eigenvalue weighted by Crippen LogP contribution is 2.25. The molecular weight excluding hydrogens is 279 g/mol. The summed E-state index contributed by atoms with van der Waals surface area (Å²) in [6.45, 7) is 2.00. The molecule has 0 bridgehead atoms. The summed E-state index contributed by atoms with van der Waals surface area (Å²) in [6.07, 6.45) is 4.30. The highest BCUT2D eigenvalue weighted by molar-refractivity contribution is 6.30. The van der Waals surface area contributed by atoms with Crippen molar-refractivity contribution in [2.24, 2.45) is 5.73 Å². The number of nitrogens with two attached hydrogens (primary N) is 1. The topological polar surface area (TPSA) is 38.9 Å². The number of hydrogen-bond acceptors (Lipinski definition) is 2. The van der Waals surface area contributed by atoms with Gasteiger partial charge in [0.1, 0.15) is 0 Å². The molecule has 0 saturated carbocycles. The Bertz CT molecular complexity index is 538. The van der Waals surface area contributed by atoms with E-state index < -0.39 is 0 Å². The van der Waals surface area contributed by atoms with Crippen LogP contribution in [0.15, 0.2) is 42.7 Å². The highest BCUT2D eigenvalue weighted by Gasteiger charge is 2.17. The van der Waals surface area contributed by atoms with Gasteiger partial charge in [-0.05, 0) is 42.7 Å². The molecule has 2 rings (SSSR count). The van der Waals surface area contributed by atoms with E-state index in [1.165, 1.54) is 5.56 Å². The Balaban J connectivity index is 2.23. The molecule has 0 fully saturated rings. The normalized spacial score (nSPS) is 14.1. The zero-order valence-corrected chi connectivity index (χ0v) is 12.2. The maximum Gasteiger partial charge on any atom is 0.0592 e. The zero-order valence-electron chi connectivity index (χ0n) is 10.7. The molecule has 2 atom stereocenters. The maximum atomic E-state index is 6.10. The van der Waals surface area contributed by atoms with Crippen LogP contribution in [-0.2, 0) is 6.42 Å². The van der Waals surface area contributed by atoms with Gasteiger partial charge in [-0.2, -0.15) is 0 Å². The molecule has 1 heterocycles. The van der Waals surface area contributed by atoms with Gasteiger partial charge in [0, 0.05) is 29.4 Å². The molecule has 0 saturated heterocycles. The number of benzene rings is 1. The van der Waals surface area contributed by atoms with Crippen molar-refractivity contribution in [3.8, 4) is 0 Å². The van der Waals surface area contributed by atoms with E-state index in [4.69, 9.17) is 28.9 Å². The molecule has 2 aromatic rings. The van der Waals surface area contributed by atoms with Gasteiger partial charge in [0.2, 0.25) is 0 Å². The molecule has 0 aliphatic heterocycles. The van der Waals surface area contributed by atoms with Gasteiger partial charge in [-0.1, -0.05) is 35.3 Å². The van der Waals surface area contributed by atoms with Gasteiger partial charge >= 0.3 is 0 Å². The lowest BCUT2D eigenvalue weighted by Gasteiger charge is -2.21. The van der Waals surface area contributed by atoms with Gasteiger partial charge < -0.3 is 5.73 Å².